The quantitative estimate of drug-likeness (QED) is 0.451. The minimum atomic E-state index is -0.626. The van der Waals surface area contributed by atoms with Crippen LogP contribution in [0, 0.1) is 5.21 Å². The molecule has 0 bridgehead atoms. The maximum Gasteiger partial charge on any atom is 0.301 e. The standard InChI is InChI=1S/C9H17N5O/c10-7-6-8(12-9(11)14(7)15)13-4-2-1-3-5-13/h6-7,14H,1-5,10H2,(H2,11,12). The van der Waals surface area contributed by atoms with Crippen molar-refractivity contribution in [3.05, 3.63) is 17.1 Å². The summed E-state index contributed by atoms with van der Waals surface area (Å²) in [6, 6.07) is 0. The molecule has 2 aliphatic heterocycles. The Bertz CT molecular complexity index is 295. The average Bonchev–Trinajstić information content (AvgIpc) is 2.26. The Morgan fingerprint density at radius 3 is 2.67 bits per heavy atom. The fraction of sp³-hybridized carbons (Fsp3) is 0.667. The highest BCUT2D eigenvalue weighted by atomic mass is 16.5. The van der Waals surface area contributed by atoms with Crippen LogP contribution in [0.25, 0.3) is 0 Å². The Labute approximate surface area is 88.8 Å². The van der Waals surface area contributed by atoms with E-state index in [9.17, 15) is 5.21 Å². The van der Waals surface area contributed by atoms with Crippen LogP contribution in [-0.2, 0) is 0 Å². The third-order valence-corrected chi connectivity index (χ3v) is 2.80. The van der Waals surface area contributed by atoms with E-state index in [2.05, 4.69) is 9.89 Å². The second-order valence-electron chi connectivity index (χ2n) is 3.96. The predicted molar refractivity (Wildman–Crippen MR) is 57.4 cm³/mol. The number of piperidine rings is 1. The summed E-state index contributed by atoms with van der Waals surface area (Å²) in [5, 5.41) is 11.0. The normalized spacial score (nSPS) is 32.3. The summed E-state index contributed by atoms with van der Waals surface area (Å²) < 4.78 is 0. The third kappa shape index (κ3) is 2.11. The molecule has 6 nitrogen and oxygen atoms in total. The van der Waals surface area contributed by atoms with E-state index in [0.717, 1.165) is 31.8 Å². The Balaban J connectivity index is 2.12. The number of guanidine groups is 1. The molecule has 1 fully saturated rings. The van der Waals surface area contributed by atoms with E-state index in [0.29, 0.717) is 0 Å². The summed E-state index contributed by atoms with van der Waals surface area (Å²) in [7, 11) is 0. The van der Waals surface area contributed by atoms with Gasteiger partial charge in [0.05, 0.1) is 0 Å². The highest BCUT2D eigenvalue weighted by molar-refractivity contribution is 5.71. The summed E-state index contributed by atoms with van der Waals surface area (Å²) in [5.41, 5.74) is 11.2. The first-order chi connectivity index (χ1) is 7.18. The number of hydroxylamine groups is 2. The Morgan fingerprint density at radius 2 is 2.07 bits per heavy atom. The molecule has 1 saturated heterocycles. The summed E-state index contributed by atoms with van der Waals surface area (Å²) in [6.45, 7) is 1.95. The Hall–Kier alpha value is -1.11. The zero-order chi connectivity index (χ0) is 10.8. The fourth-order valence-electron chi connectivity index (χ4n) is 1.92. The monoisotopic (exact) mass is 211 g/mol. The first-order valence-corrected chi connectivity index (χ1v) is 5.29. The van der Waals surface area contributed by atoms with E-state index in [1.165, 1.54) is 6.42 Å². The van der Waals surface area contributed by atoms with Gasteiger partial charge in [-0.25, -0.2) is 0 Å². The lowest BCUT2D eigenvalue weighted by molar-refractivity contribution is -0.773. The second kappa shape index (κ2) is 4.18. The number of likely N-dealkylation sites (tertiary alicyclic amines) is 1. The van der Waals surface area contributed by atoms with Crippen molar-refractivity contribution < 1.29 is 5.06 Å². The van der Waals surface area contributed by atoms with Crippen molar-refractivity contribution >= 4 is 5.96 Å². The van der Waals surface area contributed by atoms with E-state index in [-0.39, 0.29) is 11.0 Å². The zero-order valence-corrected chi connectivity index (χ0v) is 8.65. The van der Waals surface area contributed by atoms with Crippen molar-refractivity contribution in [2.45, 2.75) is 25.4 Å². The number of hydrogen-bond acceptors (Lipinski definition) is 5. The second-order valence-corrected chi connectivity index (χ2v) is 3.96. The van der Waals surface area contributed by atoms with Crippen LogP contribution in [0.5, 0.6) is 0 Å². The molecule has 0 amide bonds. The van der Waals surface area contributed by atoms with Gasteiger partial charge in [0.15, 0.2) is 6.17 Å². The molecule has 15 heavy (non-hydrogen) atoms. The maximum absolute atomic E-state index is 11.3. The largest absolute Gasteiger partial charge is 0.625 e. The van der Waals surface area contributed by atoms with Crippen molar-refractivity contribution in [1.82, 2.24) is 4.90 Å². The summed E-state index contributed by atoms with van der Waals surface area (Å²) >= 11 is 0. The summed E-state index contributed by atoms with van der Waals surface area (Å²) in [5.74, 6) is 0.796. The van der Waals surface area contributed by atoms with Crippen LogP contribution in [0.4, 0.5) is 0 Å². The van der Waals surface area contributed by atoms with Crippen LogP contribution < -0.4 is 16.5 Å². The van der Waals surface area contributed by atoms with Crippen LogP contribution in [0.1, 0.15) is 19.3 Å². The molecule has 6 heteroatoms. The minimum absolute atomic E-state index is 0.0329. The molecular formula is C9H17N5O. The molecule has 2 aliphatic rings. The lowest BCUT2D eigenvalue weighted by Crippen LogP contribution is -3.17. The van der Waals surface area contributed by atoms with Gasteiger partial charge in [-0.05, 0) is 19.3 Å². The first-order valence-electron chi connectivity index (χ1n) is 5.29. The van der Waals surface area contributed by atoms with Crippen LogP contribution in [0.2, 0.25) is 0 Å². The molecular weight excluding hydrogens is 194 g/mol. The minimum Gasteiger partial charge on any atom is -0.625 e. The van der Waals surface area contributed by atoms with E-state index in [1.54, 1.807) is 6.08 Å². The van der Waals surface area contributed by atoms with Crippen LogP contribution in [-0.4, -0.2) is 30.1 Å². The van der Waals surface area contributed by atoms with E-state index >= 15 is 0 Å². The predicted octanol–water partition coefficient (Wildman–Crippen LogP) is -1.69. The highest BCUT2D eigenvalue weighted by Gasteiger charge is 2.23. The molecule has 2 unspecified atom stereocenters. The van der Waals surface area contributed by atoms with Crippen molar-refractivity contribution in [1.29, 1.82) is 0 Å². The van der Waals surface area contributed by atoms with Crippen molar-refractivity contribution in [3.63, 3.8) is 0 Å². The van der Waals surface area contributed by atoms with Gasteiger partial charge in [0.2, 0.25) is 0 Å². The van der Waals surface area contributed by atoms with Crippen molar-refractivity contribution in [2.24, 2.45) is 16.5 Å². The molecule has 0 saturated carbocycles. The molecule has 5 N–H and O–H groups in total. The van der Waals surface area contributed by atoms with Gasteiger partial charge in [0.1, 0.15) is 5.82 Å². The number of nitrogens with one attached hydrogen (secondary N) is 1. The SMILES string of the molecule is NC1=NC(N2CCCCC2)=CC(N)[NH+]1[O-]. The smallest absolute Gasteiger partial charge is 0.301 e. The summed E-state index contributed by atoms with van der Waals surface area (Å²) in [6.07, 6.45) is 4.66. The molecule has 0 radical (unpaired) electrons. The Kier molecular flexibility index (Phi) is 2.90. The van der Waals surface area contributed by atoms with Gasteiger partial charge >= 0.3 is 5.96 Å². The van der Waals surface area contributed by atoms with Gasteiger partial charge in [-0.3, -0.25) is 10.8 Å². The average molecular weight is 211 g/mol. The van der Waals surface area contributed by atoms with E-state index < -0.39 is 6.17 Å². The third-order valence-electron chi connectivity index (χ3n) is 2.80. The molecule has 2 heterocycles. The maximum atomic E-state index is 11.3. The van der Waals surface area contributed by atoms with Crippen LogP contribution in [0.3, 0.4) is 0 Å². The van der Waals surface area contributed by atoms with Gasteiger partial charge < -0.3 is 15.8 Å². The number of aliphatic imine (C=N–C) groups is 1. The summed E-state index contributed by atoms with van der Waals surface area (Å²) in [4.78, 5) is 6.23. The highest BCUT2D eigenvalue weighted by Crippen LogP contribution is 2.16. The molecule has 2 atom stereocenters. The Morgan fingerprint density at radius 1 is 1.40 bits per heavy atom. The van der Waals surface area contributed by atoms with Gasteiger partial charge in [-0.1, -0.05) is 0 Å². The number of quaternary nitrogens is 1. The van der Waals surface area contributed by atoms with Crippen LogP contribution in [0.15, 0.2) is 16.9 Å². The number of hydrogen-bond donors (Lipinski definition) is 3. The molecule has 2 rings (SSSR count). The molecule has 0 aromatic carbocycles. The van der Waals surface area contributed by atoms with Gasteiger partial charge in [-0.15, -0.1) is 0 Å². The van der Waals surface area contributed by atoms with E-state index in [1.807, 2.05) is 0 Å². The van der Waals surface area contributed by atoms with Crippen molar-refractivity contribution in [2.75, 3.05) is 13.1 Å². The number of rotatable bonds is 1. The molecule has 0 aromatic heterocycles. The van der Waals surface area contributed by atoms with Gasteiger partial charge in [0.25, 0.3) is 0 Å². The first kappa shape index (κ1) is 10.4. The zero-order valence-electron chi connectivity index (χ0n) is 8.65. The lowest BCUT2D eigenvalue weighted by Gasteiger charge is -2.34. The van der Waals surface area contributed by atoms with Crippen LogP contribution >= 0.6 is 0 Å². The molecule has 0 aromatic rings. The molecule has 0 spiro atoms. The van der Waals surface area contributed by atoms with Gasteiger partial charge in [0, 0.05) is 19.2 Å². The fourth-order valence-corrected chi connectivity index (χ4v) is 1.92. The van der Waals surface area contributed by atoms with Gasteiger partial charge in [-0.2, -0.15) is 4.99 Å². The number of nitrogens with two attached hydrogens (primary N) is 2. The lowest BCUT2D eigenvalue weighted by atomic mass is 10.1. The molecule has 0 aliphatic carbocycles. The topological polar surface area (TPSA) is 95.1 Å². The number of nitrogens with zero attached hydrogens (tertiary/aromatic N) is 2. The van der Waals surface area contributed by atoms with Crippen molar-refractivity contribution in [3.8, 4) is 0 Å². The molecule has 84 valence electrons. The van der Waals surface area contributed by atoms with E-state index in [4.69, 9.17) is 11.5 Å².